The van der Waals surface area contributed by atoms with Crippen molar-refractivity contribution in [3.05, 3.63) is 64.2 Å². The van der Waals surface area contributed by atoms with Gasteiger partial charge in [0.15, 0.2) is 5.11 Å². The SMILES string of the molecule is Cc1ccc(NC(=S)NC(=O)CCc2ccccc2Cl)c(C)c1. The fraction of sp³-hybridized carbons (Fsp3) is 0.222. The van der Waals surface area contributed by atoms with E-state index in [0.29, 0.717) is 23.0 Å². The Balaban J connectivity index is 1.85. The van der Waals surface area contributed by atoms with Gasteiger partial charge in [-0.2, -0.15) is 0 Å². The van der Waals surface area contributed by atoms with Crippen molar-refractivity contribution in [2.75, 3.05) is 5.32 Å². The normalized spacial score (nSPS) is 10.2. The number of aryl methyl sites for hydroxylation is 3. The molecule has 2 aromatic rings. The Morgan fingerprint density at radius 2 is 1.91 bits per heavy atom. The van der Waals surface area contributed by atoms with Crippen LogP contribution in [0.15, 0.2) is 42.5 Å². The van der Waals surface area contributed by atoms with Gasteiger partial charge in [0, 0.05) is 17.1 Å². The number of thiocarbonyl (C=S) groups is 1. The molecule has 0 bridgehead atoms. The van der Waals surface area contributed by atoms with Crippen molar-refractivity contribution in [1.29, 1.82) is 0 Å². The van der Waals surface area contributed by atoms with E-state index in [4.69, 9.17) is 23.8 Å². The minimum Gasteiger partial charge on any atom is -0.332 e. The van der Waals surface area contributed by atoms with E-state index in [0.717, 1.165) is 16.8 Å². The first-order valence-electron chi connectivity index (χ1n) is 7.37. The summed E-state index contributed by atoms with van der Waals surface area (Å²) in [5.74, 6) is -0.132. The molecule has 2 N–H and O–H groups in total. The van der Waals surface area contributed by atoms with Gasteiger partial charge in [0.1, 0.15) is 0 Å². The maximum Gasteiger partial charge on any atom is 0.226 e. The predicted octanol–water partition coefficient (Wildman–Crippen LogP) is 4.40. The van der Waals surface area contributed by atoms with Crippen LogP contribution in [-0.2, 0) is 11.2 Å². The maximum atomic E-state index is 12.0. The van der Waals surface area contributed by atoms with Crippen molar-refractivity contribution in [3.8, 4) is 0 Å². The summed E-state index contributed by atoms with van der Waals surface area (Å²) in [4.78, 5) is 12.0. The third-order valence-electron chi connectivity index (χ3n) is 3.46. The number of amides is 1. The van der Waals surface area contributed by atoms with Crippen molar-refractivity contribution in [1.82, 2.24) is 5.32 Å². The van der Waals surface area contributed by atoms with Crippen LogP contribution in [0.25, 0.3) is 0 Å². The molecule has 0 spiro atoms. The van der Waals surface area contributed by atoms with Crippen molar-refractivity contribution in [2.45, 2.75) is 26.7 Å². The highest BCUT2D eigenvalue weighted by molar-refractivity contribution is 7.80. The lowest BCUT2D eigenvalue weighted by Crippen LogP contribution is -2.34. The molecule has 0 aliphatic heterocycles. The number of halogens is 1. The van der Waals surface area contributed by atoms with E-state index in [-0.39, 0.29) is 5.91 Å². The Morgan fingerprint density at radius 3 is 2.61 bits per heavy atom. The minimum atomic E-state index is -0.132. The second-order valence-electron chi connectivity index (χ2n) is 5.41. The van der Waals surface area contributed by atoms with Crippen LogP contribution >= 0.6 is 23.8 Å². The highest BCUT2D eigenvalue weighted by Crippen LogP contribution is 2.17. The Morgan fingerprint density at radius 1 is 1.17 bits per heavy atom. The second-order valence-corrected chi connectivity index (χ2v) is 6.23. The lowest BCUT2D eigenvalue weighted by molar-refractivity contribution is -0.119. The number of rotatable bonds is 4. The molecule has 120 valence electrons. The largest absolute Gasteiger partial charge is 0.332 e. The monoisotopic (exact) mass is 346 g/mol. The first kappa shape index (κ1) is 17.4. The van der Waals surface area contributed by atoms with Gasteiger partial charge in [-0.25, -0.2) is 0 Å². The first-order valence-corrected chi connectivity index (χ1v) is 8.16. The highest BCUT2D eigenvalue weighted by atomic mass is 35.5. The van der Waals surface area contributed by atoms with Crippen LogP contribution in [0.4, 0.5) is 5.69 Å². The summed E-state index contributed by atoms with van der Waals surface area (Å²) >= 11 is 11.3. The van der Waals surface area contributed by atoms with Crippen LogP contribution in [-0.4, -0.2) is 11.0 Å². The number of hydrogen-bond donors (Lipinski definition) is 2. The number of carbonyl (C=O) groups excluding carboxylic acids is 1. The van der Waals surface area contributed by atoms with Gasteiger partial charge >= 0.3 is 0 Å². The molecule has 0 heterocycles. The number of benzene rings is 2. The standard InChI is InChI=1S/C18H19ClN2OS/c1-12-7-9-16(13(2)11-12)20-18(23)21-17(22)10-8-14-5-3-4-6-15(14)19/h3-7,9,11H,8,10H2,1-2H3,(H2,20,21,22,23). The van der Waals surface area contributed by atoms with E-state index in [1.165, 1.54) is 5.56 Å². The second kappa shape index (κ2) is 8.09. The molecule has 0 aliphatic carbocycles. The molecule has 0 atom stereocenters. The summed E-state index contributed by atoms with van der Waals surface area (Å²) in [6.07, 6.45) is 0.913. The molecule has 5 heteroatoms. The average molecular weight is 347 g/mol. The number of anilines is 1. The van der Waals surface area contributed by atoms with Gasteiger partial charge in [-0.1, -0.05) is 47.5 Å². The Hall–Kier alpha value is -1.91. The third-order valence-corrected chi connectivity index (χ3v) is 4.04. The van der Waals surface area contributed by atoms with Gasteiger partial charge in [0.2, 0.25) is 5.91 Å². The van der Waals surface area contributed by atoms with Crippen LogP contribution in [0, 0.1) is 13.8 Å². The van der Waals surface area contributed by atoms with Gasteiger partial charge in [-0.15, -0.1) is 0 Å². The molecule has 2 rings (SSSR count). The van der Waals surface area contributed by atoms with E-state index in [9.17, 15) is 4.79 Å². The van der Waals surface area contributed by atoms with Crippen molar-refractivity contribution in [3.63, 3.8) is 0 Å². The van der Waals surface area contributed by atoms with Crippen molar-refractivity contribution in [2.24, 2.45) is 0 Å². The molecule has 2 aromatic carbocycles. The third kappa shape index (κ3) is 5.34. The van der Waals surface area contributed by atoms with Gasteiger partial charge in [0.05, 0.1) is 0 Å². The molecule has 3 nitrogen and oxygen atoms in total. The molecule has 0 unspecified atom stereocenters. The van der Waals surface area contributed by atoms with Crippen LogP contribution in [0.1, 0.15) is 23.1 Å². The summed E-state index contributed by atoms with van der Waals surface area (Å²) in [5.41, 5.74) is 4.12. The molecule has 0 saturated heterocycles. The molecule has 0 aromatic heterocycles. The molecule has 23 heavy (non-hydrogen) atoms. The summed E-state index contributed by atoms with van der Waals surface area (Å²) in [7, 11) is 0. The zero-order valence-electron chi connectivity index (χ0n) is 13.2. The van der Waals surface area contributed by atoms with Crippen molar-refractivity contribution >= 4 is 40.5 Å². The maximum absolute atomic E-state index is 12.0. The Labute approximate surface area is 147 Å². The minimum absolute atomic E-state index is 0.132. The van der Waals surface area contributed by atoms with E-state index < -0.39 is 0 Å². The average Bonchev–Trinajstić information content (AvgIpc) is 2.49. The van der Waals surface area contributed by atoms with Crippen LogP contribution < -0.4 is 10.6 Å². The van der Waals surface area contributed by atoms with E-state index in [2.05, 4.69) is 16.7 Å². The fourth-order valence-corrected chi connectivity index (χ4v) is 2.70. The number of hydrogen-bond acceptors (Lipinski definition) is 2. The molecular weight excluding hydrogens is 328 g/mol. The van der Waals surface area contributed by atoms with Gasteiger partial charge in [-0.05, 0) is 55.7 Å². The van der Waals surface area contributed by atoms with E-state index in [1.54, 1.807) is 0 Å². The molecule has 0 aliphatic rings. The summed E-state index contributed by atoms with van der Waals surface area (Å²) in [6, 6.07) is 13.5. The fourth-order valence-electron chi connectivity index (χ4n) is 2.25. The van der Waals surface area contributed by atoms with Crippen LogP contribution in [0.5, 0.6) is 0 Å². The Bertz CT molecular complexity index is 731. The number of nitrogens with one attached hydrogen (secondary N) is 2. The molecule has 0 fully saturated rings. The van der Waals surface area contributed by atoms with Crippen LogP contribution in [0.2, 0.25) is 5.02 Å². The molecule has 0 saturated carbocycles. The smallest absolute Gasteiger partial charge is 0.226 e. The van der Waals surface area contributed by atoms with Crippen molar-refractivity contribution < 1.29 is 4.79 Å². The topological polar surface area (TPSA) is 41.1 Å². The first-order chi connectivity index (χ1) is 11.0. The van der Waals surface area contributed by atoms with Gasteiger partial charge < -0.3 is 10.6 Å². The quantitative estimate of drug-likeness (QED) is 0.806. The van der Waals surface area contributed by atoms with Gasteiger partial charge in [0.25, 0.3) is 0 Å². The summed E-state index contributed by atoms with van der Waals surface area (Å²) < 4.78 is 0. The van der Waals surface area contributed by atoms with Crippen LogP contribution in [0.3, 0.4) is 0 Å². The zero-order valence-corrected chi connectivity index (χ0v) is 14.7. The number of carbonyl (C=O) groups is 1. The van der Waals surface area contributed by atoms with E-state index >= 15 is 0 Å². The lowest BCUT2D eigenvalue weighted by atomic mass is 10.1. The highest BCUT2D eigenvalue weighted by Gasteiger charge is 2.08. The zero-order chi connectivity index (χ0) is 16.8. The summed E-state index contributed by atoms with van der Waals surface area (Å²) in [6.45, 7) is 4.03. The lowest BCUT2D eigenvalue weighted by Gasteiger charge is -2.12. The predicted molar refractivity (Wildman–Crippen MR) is 100 cm³/mol. The molecule has 0 radical (unpaired) electrons. The van der Waals surface area contributed by atoms with Gasteiger partial charge in [-0.3, -0.25) is 4.79 Å². The Kier molecular flexibility index (Phi) is 6.13. The molecular formula is C18H19ClN2OS. The summed E-state index contributed by atoms with van der Waals surface area (Å²) in [5, 5.41) is 6.73. The molecule has 1 amide bonds. The van der Waals surface area contributed by atoms with E-state index in [1.807, 2.05) is 50.2 Å².